The lowest BCUT2D eigenvalue weighted by atomic mass is 10.3. The number of rotatable bonds is 6. The van der Waals surface area contributed by atoms with Crippen LogP contribution in [0.2, 0.25) is 0 Å². The molecule has 1 saturated heterocycles. The van der Waals surface area contributed by atoms with Crippen molar-refractivity contribution < 1.29 is 9.53 Å². The summed E-state index contributed by atoms with van der Waals surface area (Å²) >= 11 is 1.55. The van der Waals surface area contributed by atoms with Crippen LogP contribution in [0.4, 0.5) is 5.13 Å². The number of benzene rings is 1. The highest BCUT2D eigenvalue weighted by Gasteiger charge is 2.23. The zero-order valence-electron chi connectivity index (χ0n) is 15.8. The Hall–Kier alpha value is -2.00. The molecular weight excluding hydrogens is 398 g/mol. The Morgan fingerprint density at radius 1 is 1.25 bits per heavy atom. The van der Waals surface area contributed by atoms with Crippen LogP contribution < -0.4 is 4.90 Å². The average Bonchev–Trinajstić information content (AvgIpc) is 3.31. The molecule has 1 amide bonds. The number of amides is 1. The Bertz CT molecular complexity index is 889. The molecule has 28 heavy (non-hydrogen) atoms. The van der Waals surface area contributed by atoms with Crippen LogP contribution in [0.15, 0.2) is 36.5 Å². The van der Waals surface area contributed by atoms with Crippen LogP contribution in [0, 0.1) is 0 Å². The third-order valence-electron chi connectivity index (χ3n) is 4.76. The van der Waals surface area contributed by atoms with E-state index in [1.54, 1.807) is 40.2 Å². The second kappa shape index (κ2) is 9.47. The zero-order valence-corrected chi connectivity index (χ0v) is 17.4. The maximum absolute atomic E-state index is 13.2. The molecular formula is C19H24ClN5O2S. The molecule has 0 bridgehead atoms. The van der Waals surface area contributed by atoms with Gasteiger partial charge in [0.1, 0.15) is 5.69 Å². The maximum Gasteiger partial charge on any atom is 0.278 e. The Morgan fingerprint density at radius 2 is 2.04 bits per heavy atom. The SMILES string of the molecule is Cl.Cn1nccc1C(=O)N(CCCN1CCOCC1)c1nc2ccccc2s1. The van der Waals surface area contributed by atoms with Gasteiger partial charge in [-0.25, -0.2) is 4.98 Å². The lowest BCUT2D eigenvalue weighted by Gasteiger charge is -2.27. The van der Waals surface area contributed by atoms with Gasteiger partial charge in [-0.05, 0) is 24.6 Å². The predicted molar refractivity (Wildman–Crippen MR) is 114 cm³/mol. The topological polar surface area (TPSA) is 63.5 Å². The minimum atomic E-state index is -0.0592. The second-order valence-electron chi connectivity index (χ2n) is 6.57. The number of halogens is 1. The number of carbonyl (C=O) groups excluding carboxylic acids is 1. The third-order valence-corrected chi connectivity index (χ3v) is 5.82. The highest BCUT2D eigenvalue weighted by atomic mass is 35.5. The number of hydrogen-bond acceptors (Lipinski definition) is 6. The monoisotopic (exact) mass is 421 g/mol. The molecule has 0 spiro atoms. The third kappa shape index (κ3) is 4.52. The Morgan fingerprint density at radius 3 is 2.75 bits per heavy atom. The Balaban J connectivity index is 0.00000225. The van der Waals surface area contributed by atoms with Gasteiger partial charge in [-0.15, -0.1) is 12.4 Å². The van der Waals surface area contributed by atoms with E-state index in [1.807, 2.05) is 24.3 Å². The summed E-state index contributed by atoms with van der Waals surface area (Å²) in [5.74, 6) is -0.0592. The first-order chi connectivity index (χ1) is 13.2. The number of hydrogen-bond donors (Lipinski definition) is 0. The van der Waals surface area contributed by atoms with Gasteiger partial charge < -0.3 is 4.74 Å². The minimum absolute atomic E-state index is 0. The number of anilines is 1. The van der Waals surface area contributed by atoms with Crippen LogP contribution in [0.5, 0.6) is 0 Å². The van der Waals surface area contributed by atoms with E-state index in [-0.39, 0.29) is 18.3 Å². The summed E-state index contributed by atoms with van der Waals surface area (Å²) in [5.41, 5.74) is 1.49. The van der Waals surface area contributed by atoms with Crippen LogP contribution in [0.25, 0.3) is 10.2 Å². The van der Waals surface area contributed by atoms with Crippen LogP contribution in [-0.2, 0) is 11.8 Å². The Kier molecular flexibility index (Phi) is 7.01. The largest absolute Gasteiger partial charge is 0.379 e. The molecule has 1 aliphatic rings. The number of morpholine rings is 1. The van der Waals surface area contributed by atoms with Gasteiger partial charge >= 0.3 is 0 Å². The summed E-state index contributed by atoms with van der Waals surface area (Å²) in [4.78, 5) is 22.1. The first kappa shape index (κ1) is 20.7. The van der Waals surface area contributed by atoms with E-state index < -0.39 is 0 Å². The molecule has 0 atom stereocenters. The average molecular weight is 422 g/mol. The normalized spacial score (nSPS) is 14.8. The first-order valence-corrected chi connectivity index (χ1v) is 9.99. The molecule has 0 saturated carbocycles. The van der Waals surface area contributed by atoms with Gasteiger partial charge in [0.05, 0.1) is 23.4 Å². The van der Waals surface area contributed by atoms with Crippen molar-refractivity contribution in [3.8, 4) is 0 Å². The molecule has 7 nitrogen and oxygen atoms in total. The fraction of sp³-hybridized carbons (Fsp3) is 0.421. The predicted octanol–water partition coefficient (Wildman–Crippen LogP) is 2.82. The van der Waals surface area contributed by atoms with Gasteiger partial charge in [0.25, 0.3) is 5.91 Å². The number of carbonyl (C=O) groups is 1. The van der Waals surface area contributed by atoms with E-state index >= 15 is 0 Å². The molecule has 0 unspecified atom stereocenters. The van der Waals surface area contributed by atoms with Crippen molar-refractivity contribution in [3.05, 3.63) is 42.2 Å². The standard InChI is InChI=1S/C19H23N5O2S.ClH/c1-22-16(7-8-20-22)18(25)24(10-4-9-23-11-13-26-14-12-23)19-21-15-5-2-3-6-17(15)27-19;/h2-3,5-8H,4,9-14H2,1H3;1H. The first-order valence-electron chi connectivity index (χ1n) is 9.18. The van der Waals surface area contributed by atoms with E-state index in [0.29, 0.717) is 12.2 Å². The smallest absolute Gasteiger partial charge is 0.278 e. The second-order valence-corrected chi connectivity index (χ2v) is 7.58. The number of aryl methyl sites for hydroxylation is 1. The quantitative estimate of drug-likeness (QED) is 0.612. The molecule has 1 fully saturated rings. The molecule has 3 aromatic rings. The van der Waals surface area contributed by atoms with E-state index in [9.17, 15) is 4.79 Å². The lowest BCUT2D eigenvalue weighted by Crippen LogP contribution is -2.39. The highest BCUT2D eigenvalue weighted by Crippen LogP contribution is 2.29. The Labute approximate surface area is 174 Å². The summed E-state index contributed by atoms with van der Waals surface area (Å²) in [6, 6.07) is 9.74. The number of thiazole rings is 1. The van der Waals surface area contributed by atoms with Gasteiger partial charge in [0.2, 0.25) is 0 Å². The number of para-hydroxylation sites is 1. The highest BCUT2D eigenvalue weighted by molar-refractivity contribution is 7.22. The fourth-order valence-electron chi connectivity index (χ4n) is 3.26. The molecule has 150 valence electrons. The van der Waals surface area contributed by atoms with Crippen LogP contribution in [0.3, 0.4) is 0 Å². The van der Waals surface area contributed by atoms with Crippen molar-refractivity contribution in [1.82, 2.24) is 19.7 Å². The van der Waals surface area contributed by atoms with Crippen molar-refractivity contribution >= 4 is 45.0 Å². The molecule has 9 heteroatoms. The van der Waals surface area contributed by atoms with Crippen molar-refractivity contribution in [1.29, 1.82) is 0 Å². The number of ether oxygens (including phenoxy) is 1. The van der Waals surface area contributed by atoms with Gasteiger partial charge in [-0.2, -0.15) is 5.10 Å². The van der Waals surface area contributed by atoms with E-state index in [0.717, 1.165) is 54.6 Å². The van der Waals surface area contributed by atoms with Crippen molar-refractivity contribution in [2.45, 2.75) is 6.42 Å². The summed E-state index contributed by atoms with van der Waals surface area (Å²) in [5, 5.41) is 4.88. The molecule has 1 aliphatic heterocycles. The molecule has 3 heterocycles. The number of aromatic nitrogens is 3. The molecule has 1 aromatic carbocycles. The summed E-state index contributed by atoms with van der Waals surface area (Å²) in [6.45, 7) is 5.06. The van der Waals surface area contributed by atoms with Gasteiger partial charge in [0, 0.05) is 39.4 Å². The van der Waals surface area contributed by atoms with Crippen molar-refractivity contribution in [2.24, 2.45) is 7.05 Å². The van der Waals surface area contributed by atoms with Crippen LogP contribution >= 0.6 is 23.7 Å². The summed E-state index contributed by atoms with van der Waals surface area (Å²) in [6.07, 6.45) is 2.54. The van der Waals surface area contributed by atoms with Crippen molar-refractivity contribution in [3.63, 3.8) is 0 Å². The zero-order chi connectivity index (χ0) is 18.6. The maximum atomic E-state index is 13.2. The molecule has 4 rings (SSSR count). The van der Waals surface area contributed by atoms with E-state index in [2.05, 4.69) is 10.00 Å². The molecule has 2 aromatic heterocycles. The lowest BCUT2D eigenvalue weighted by molar-refractivity contribution is 0.0376. The van der Waals surface area contributed by atoms with Crippen LogP contribution in [0.1, 0.15) is 16.9 Å². The number of fused-ring (bicyclic) bond motifs is 1. The van der Waals surface area contributed by atoms with Gasteiger partial charge in [-0.3, -0.25) is 19.3 Å². The number of nitrogens with zero attached hydrogens (tertiary/aromatic N) is 5. The summed E-state index contributed by atoms with van der Waals surface area (Å²) in [7, 11) is 1.79. The van der Waals surface area contributed by atoms with Gasteiger partial charge in [0.15, 0.2) is 5.13 Å². The summed E-state index contributed by atoms with van der Waals surface area (Å²) < 4.78 is 8.11. The molecule has 0 radical (unpaired) electrons. The van der Waals surface area contributed by atoms with Crippen molar-refractivity contribution in [2.75, 3.05) is 44.3 Å². The fourth-order valence-corrected chi connectivity index (χ4v) is 4.25. The van der Waals surface area contributed by atoms with Gasteiger partial charge in [-0.1, -0.05) is 23.5 Å². The molecule has 0 N–H and O–H groups in total. The molecule has 0 aliphatic carbocycles. The van der Waals surface area contributed by atoms with E-state index in [4.69, 9.17) is 9.72 Å². The van der Waals surface area contributed by atoms with Crippen LogP contribution in [-0.4, -0.2) is 65.0 Å². The minimum Gasteiger partial charge on any atom is -0.379 e. The van der Waals surface area contributed by atoms with E-state index in [1.165, 1.54) is 0 Å².